The van der Waals surface area contributed by atoms with E-state index < -0.39 is 0 Å². The topological polar surface area (TPSA) is 33.6 Å². The van der Waals surface area contributed by atoms with E-state index in [9.17, 15) is 4.39 Å². The van der Waals surface area contributed by atoms with Gasteiger partial charge in [0, 0.05) is 24.1 Å². The third kappa shape index (κ3) is 1.47. The quantitative estimate of drug-likeness (QED) is 0.636. The van der Waals surface area contributed by atoms with E-state index in [2.05, 4.69) is 10.5 Å². The van der Waals surface area contributed by atoms with Crippen LogP contribution >= 0.6 is 0 Å². The average molecular weight is 234 g/mol. The van der Waals surface area contributed by atoms with Gasteiger partial charge in [-0.3, -0.25) is 0 Å². The molecule has 3 unspecified atom stereocenters. The van der Waals surface area contributed by atoms with Gasteiger partial charge in [0.25, 0.3) is 0 Å². The first kappa shape index (κ1) is 10.7. The van der Waals surface area contributed by atoms with Crippen molar-refractivity contribution in [1.82, 2.24) is 5.32 Å². The van der Waals surface area contributed by atoms with E-state index in [0.717, 1.165) is 13.1 Å². The van der Waals surface area contributed by atoms with Crippen molar-refractivity contribution < 1.29 is 9.23 Å². The fraction of sp³-hybridized carbons (Fsp3) is 0.462. The number of fused-ring (bicyclic) bond motifs is 1. The maximum Gasteiger partial charge on any atom is 0.123 e. The zero-order valence-electron chi connectivity index (χ0n) is 9.69. The zero-order chi connectivity index (χ0) is 11.9. The summed E-state index contributed by atoms with van der Waals surface area (Å²) in [4.78, 5) is 4.75. The summed E-state index contributed by atoms with van der Waals surface area (Å²) in [5.74, 6) is 0.788. The number of nitrogens with one attached hydrogen (secondary N) is 1. The fourth-order valence-corrected chi connectivity index (χ4v) is 3.18. The van der Waals surface area contributed by atoms with E-state index in [0.29, 0.717) is 11.8 Å². The van der Waals surface area contributed by atoms with Crippen LogP contribution in [-0.4, -0.2) is 26.4 Å². The lowest BCUT2D eigenvalue weighted by Gasteiger charge is -2.14. The number of oxime groups is 1. The molecule has 0 bridgehead atoms. The Hall–Kier alpha value is -1.42. The van der Waals surface area contributed by atoms with E-state index >= 15 is 0 Å². The van der Waals surface area contributed by atoms with Crippen molar-refractivity contribution in [1.29, 1.82) is 0 Å². The molecule has 0 radical (unpaired) electrons. The van der Waals surface area contributed by atoms with E-state index in [1.165, 1.54) is 17.7 Å². The van der Waals surface area contributed by atoms with Gasteiger partial charge < -0.3 is 10.2 Å². The second-order valence-corrected chi connectivity index (χ2v) is 4.75. The second-order valence-electron chi connectivity index (χ2n) is 4.75. The predicted molar refractivity (Wildman–Crippen MR) is 63.4 cm³/mol. The summed E-state index contributed by atoms with van der Waals surface area (Å²) in [5, 5.41) is 7.26. The molecule has 1 heterocycles. The first-order valence-electron chi connectivity index (χ1n) is 5.82. The summed E-state index contributed by atoms with van der Waals surface area (Å²) < 4.78 is 12.9. The Morgan fingerprint density at radius 2 is 2.24 bits per heavy atom. The highest BCUT2D eigenvalue weighted by Crippen LogP contribution is 2.61. The van der Waals surface area contributed by atoms with Crippen LogP contribution in [0, 0.1) is 17.7 Å². The lowest BCUT2D eigenvalue weighted by Crippen LogP contribution is -2.23. The molecule has 17 heavy (non-hydrogen) atoms. The molecule has 2 fully saturated rings. The molecule has 4 heteroatoms. The van der Waals surface area contributed by atoms with Gasteiger partial charge in [0.05, 0.1) is 0 Å². The molecule has 3 nitrogen and oxygen atoms in total. The summed E-state index contributed by atoms with van der Waals surface area (Å²) >= 11 is 0. The monoisotopic (exact) mass is 234 g/mol. The molecule has 90 valence electrons. The van der Waals surface area contributed by atoms with Crippen molar-refractivity contribution in [2.75, 3.05) is 20.2 Å². The van der Waals surface area contributed by atoms with Crippen molar-refractivity contribution in [3.63, 3.8) is 0 Å². The van der Waals surface area contributed by atoms with Crippen LogP contribution in [0.25, 0.3) is 0 Å². The van der Waals surface area contributed by atoms with Crippen molar-refractivity contribution in [3.8, 4) is 0 Å². The summed E-state index contributed by atoms with van der Waals surface area (Å²) in [6, 6.07) is 6.83. The first-order valence-corrected chi connectivity index (χ1v) is 5.82. The number of hydrogen-bond donors (Lipinski definition) is 1. The van der Waals surface area contributed by atoms with Crippen LogP contribution in [0.1, 0.15) is 5.56 Å². The Morgan fingerprint density at radius 1 is 1.47 bits per heavy atom. The minimum atomic E-state index is -0.185. The highest BCUT2D eigenvalue weighted by atomic mass is 19.1. The molecule has 2 aliphatic rings. The molecule has 1 saturated heterocycles. The van der Waals surface area contributed by atoms with Crippen LogP contribution < -0.4 is 5.32 Å². The molecule has 1 aliphatic carbocycles. The molecule has 1 aromatic carbocycles. The van der Waals surface area contributed by atoms with Gasteiger partial charge in [-0.05, 0) is 30.2 Å². The Morgan fingerprint density at radius 3 is 2.94 bits per heavy atom. The Labute approximate surface area is 99.7 Å². The highest BCUT2D eigenvalue weighted by Gasteiger charge is 2.67. The molecule has 1 saturated carbocycles. The Kier molecular flexibility index (Phi) is 2.40. The third-order valence-corrected chi connectivity index (χ3v) is 4.07. The van der Waals surface area contributed by atoms with Crippen LogP contribution in [0.15, 0.2) is 29.4 Å². The molecule has 1 N–H and O–H groups in total. The minimum Gasteiger partial charge on any atom is -0.399 e. The molecule has 3 rings (SSSR count). The minimum absolute atomic E-state index is 0.107. The Bertz CT molecular complexity index is 445. The van der Waals surface area contributed by atoms with Gasteiger partial charge in [0.1, 0.15) is 12.9 Å². The average Bonchev–Trinajstić information content (AvgIpc) is 2.74. The second kappa shape index (κ2) is 3.81. The third-order valence-electron chi connectivity index (χ3n) is 4.07. The number of hydrogen-bond acceptors (Lipinski definition) is 3. The molecule has 3 atom stereocenters. The summed E-state index contributed by atoms with van der Waals surface area (Å²) in [6.45, 7) is 1.93. The summed E-state index contributed by atoms with van der Waals surface area (Å²) in [5.41, 5.74) is 1.30. The van der Waals surface area contributed by atoms with Crippen LogP contribution in [0.3, 0.4) is 0 Å². The summed E-state index contributed by atoms with van der Waals surface area (Å²) in [7, 11) is 1.55. The smallest absolute Gasteiger partial charge is 0.123 e. The van der Waals surface area contributed by atoms with Crippen molar-refractivity contribution in [2.45, 2.75) is 5.41 Å². The number of piperidine rings is 1. The Balaban J connectivity index is 1.90. The lowest BCUT2D eigenvalue weighted by atomic mass is 9.93. The molecule has 1 aliphatic heterocycles. The van der Waals surface area contributed by atoms with Gasteiger partial charge in [0.15, 0.2) is 0 Å². The standard InChI is InChI=1S/C13H15FN2O/c1-17-16-7-12-11-6-15-8-13(11,12)9-2-4-10(14)5-3-9/h2-5,7,11-12,15H,6,8H2,1H3/b16-7+. The number of rotatable bonds is 3. The van der Waals surface area contributed by atoms with Gasteiger partial charge in [-0.15, -0.1) is 0 Å². The van der Waals surface area contributed by atoms with E-state index in [1.54, 1.807) is 7.11 Å². The van der Waals surface area contributed by atoms with Crippen LogP contribution in [0.2, 0.25) is 0 Å². The van der Waals surface area contributed by atoms with E-state index in [-0.39, 0.29) is 11.2 Å². The molecule has 0 spiro atoms. The fourth-order valence-electron chi connectivity index (χ4n) is 3.18. The maximum absolute atomic E-state index is 12.9. The molecule has 1 aromatic rings. The van der Waals surface area contributed by atoms with E-state index in [4.69, 9.17) is 4.84 Å². The van der Waals surface area contributed by atoms with E-state index in [1.807, 2.05) is 18.3 Å². The van der Waals surface area contributed by atoms with Crippen LogP contribution in [0.4, 0.5) is 4.39 Å². The van der Waals surface area contributed by atoms with Crippen molar-refractivity contribution in [2.24, 2.45) is 17.0 Å². The van der Waals surface area contributed by atoms with Gasteiger partial charge in [-0.1, -0.05) is 17.3 Å². The molecular formula is C13H15FN2O. The lowest BCUT2D eigenvalue weighted by molar-refractivity contribution is 0.214. The van der Waals surface area contributed by atoms with Gasteiger partial charge in [0.2, 0.25) is 0 Å². The van der Waals surface area contributed by atoms with Crippen LogP contribution in [0.5, 0.6) is 0 Å². The number of nitrogens with zero attached hydrogens (tertiary/aromatic N) is 1. The number of halogens is 1. The van der Waals surface area contributed by atoms with Gasteiger partial charge in [-0.25, -0.2) is 4.39 Å². The maximum atomic E-state index is 12.9. The van der Waals surface area contributed by atoms with Gasteiger partial charge >= 0.3 is 0 Å². The normalized spacial score (nSPS) is 34.9. The van der Waals surface area contributed by atoms with Crippen LogP contribution in [-0.2, 0) is 10.3 Å². The van der Waals surface area contributed by atoms with Crippen molar-refractivity contribution in [3.05, 3.63) is 35.6 Å². The molecule has 0 aromatic heterocycles. The highest BCUT2D eigenvalue weighted by molar-refractivity contribution is 5.71. The van der Waals surface area contributed by atoms with Crippen molar-refractivity contribution >= 4 is 6.21 Å². The summed E-state index contributed by atoms with van der Waals surface area (Å²) in [6.07, 6.45) is 1.88. The molecular weight excluding hydrogens is 219 g/mol. The predicted octanol–water partition coefficient (Wildman–Crippen LogP) is 1.54. The molecule has 0 amide bonds. The SMILES string of the molecule is CO/N=C/C1C2CNCC12c1ccc(F)cc1. The van der Waals surface area contributed by atoms with Gasteiger partial charge in [-0.2, -0.15) is 0 Å². The zero-order valence-corrected chi connectivity index (χ0v) is 9.69. The number of benzene rings is 1. The first-order chi connectivity index (χ1) is 8.29. The largest absolute Gasteiger partial charge is 0.399 e.